The van der Waals surface area contributed by atoms with Crippen molar-refractivity contribution in [3.8, 4) is 0 Å². The molecule has 0 radical (unpaired) electrons. The van der Waals surface area contributed by atoms with Crippen LogP contribution in [0.2, 0.25) is 0 Å². The maximum absolute atomic E-state index is 13.0. The number of hydrogen-bond donors (Lipinski definition) is 2. The van der Waals surface area contributed by atoms with Gasteiger partial charge in [0.25, 0.3) is 11.6 Å². The van der Waals surface area contributed by atoms with Crippen LogP contribution in [0.4, 0.5) is 11.4 Å². The Hall–Kier alpha value is -3.42. The highest BCUT2D eigenvalue weighted by molar-refractivity contribution is 5.96. The summed E-state index contributed by atoms with van der Waals surface area (Å²) in [6, 6.07) is 11.8. The number of rotatable bonds is 5. The zero-order valence-corrected chi connectivity index (χ0v) is 15.0. The normalized spacial score (nSPS) is 18.3. The first-order chi connectivity index (χ1) is 13.4. The molecular formula is C20H19N3O5. The number of carbonyl (C=O) groups is 2. The van der Waals surface area contributed by atoms with Crippen LogP contribution in [0.5, 0.6) is 0 Å². The topological polar surface area (TPSA) is 113 Å². The van der Waals surface area contributed by atoms with Gasteiger partial charge in [0, 0.05) is 30.8 Å². The summed E-state index contributed by atoms with van der Waals surface area (Å²) >= 11 is 0. The van der Waals surface area contributed by atoms with Crippen LogP contribution >= 0.6 is 0 Å². The monoisotopic (exact) mass is 381 g/mol. The van der Waals surface area contributed by atoms with Crippen LogP contribution in [0.3, 0.4) is 0 Å². The molecule has 2 aliphatic rings. The number of carboxylic acids is 1. The summed E-state index contributed by atoms with van der Waals surface area (Å²) in [5.41, 5.74) is 1.91. The molecule has 2 aromatic rings. The first-order valence-electron chi connectivity index (χ1n) is 9.09. The number of nitro benzene ring substituents is 1. The van der Waals surface area contributed by atoms with Crippen LogP contribution in [0.1, 0.15) is 40.2 Å². The van der Waals surface area contributed by atoms with E-state index >= 15 is 0 Å². The number of fused-ring (bicyclic) bond motifs is 1. The van der Waals surface area contributed by atoms with Gasteiger partial charge in [-0.05, 0) is 36.1 Å². The highest BCUT2D eigenvalue weighted by atomic mass is 16.6. The third-order valence-corrected chi connectivity index (χ3v) is 5.16. The minimum atomic E-state index is -1.00. The molecule has 0 saturated heterocycles. The molecule has 1 aliphatic carbocycles. The number of hydrogen-bond acceptors (Lipinski definition) is 5. The van der Waals surface area contributed by atoms with Crippen molar-refractivity contribution in [1.82, 2.24) is 4.90 Å². The van der Waals surface area contributed by atoms with Gasteiger partial charge < -0.3 is 15.3 Å². The minimum absolute atomic E-state index is 0.0288. The fourth-order valence-electron chi connectivity index (χ4n) is 3.54. The molecule has 1 amide bonds. The second kappa shape index (κ2) is 6.95. The van der Waals surface area contributed by atoms with E-state index in [2.05, 4.69) is 5.32 Å². The minimum Gasteiger partial charge on any atom is -0.481 e. The van der Waals surface area contributed by atoms with Gasteiger partial charge in [0.15, 0.2) is 0 Å². The van der Waals surface area contributed by atoms with Crippen molar-refractivity contribution >= 4 is 23.3 Å². The van der Waals surface area contributed by atoms with E-state index in [1.807, 2.05) is 0 Å². The summed E-state index contributed by atoms with van der Waals surface area (Å²) in [7, 11) is 0. The average molecular weight is 381 g/mol. The first kappa shape index (κ1) is 18.0. The molecule has 1 atom stereocenters. The number of nitrogens with zero attached hydrogens (tertiary/aromatic N) is 2. The molecule has 144 valence electrons. The number of benzene rings is 2. The Morgan fingerprint density at radius 3 is 2.61 bits per heavy atom. The molecule has 1 fully saturated rings. The van der Waals surface area contributed by atoms with Gasteiger partial charge in [0.2, 0.25) is 0 Å². The second-order valence-electron chi connectivity index (χ2n) is 7.18. The van der Waals surface area contributed by atoms with Crippen molar-refractivity contribution in [3.05, 3.63) is 69.3 Å². The van der Waals surface area contributed by atoms with Crippen molar-refractivity contribution in [2.75, 3.05) is 11.9 Å². The van der Waals surface area contributed by atoms with Crippen LogP contribution in [0.15, 0.2) is 42.5 Å². The Bertz CT molecular complexity index is 970. The zero-order valence-electron chi connectivity index (χ0n) is 15.0. The third-order valence-electron chi connectivity index (χ3n) is 5.16. The van der Waals surface area contributed by atoms with Gasteiger partial charge in [-0.2, -0.15) is 0 Å². The number of amides is 1. The third kappa shape index (κ3) is 3.40. The quantitative estimate of drug-likeness (QED) is 0.608. The van der Waals surface area contributed by atoms with Crippen molar-refractivity contribution < 1.29 is 19.6 Å². The maximum Gasteiger partial charge on any atom is 0.312 e. The standard InChI is InChI=1S/C20H19N3O5/c24-19(12-5-8-17(21-14-6-7-14)18(9-12)23(27)28)22-10-13-3-1-2-4-15(13)16(11-22)20(25)26/h1-5,8-9,14,16,21H,6-7,10-11H2,(H,25,26). The van der Waals surface area contributed by atoms with E-state index in [-0.39, 0.29) is 30.4 Å². The van der Waals surface area contributed by atoms with Crippen LogP contribution in [-0.2, 0) is 11.3 Å². The Balaban J connectivity index is 1.63. The molecular weight excluding hydrogens is 362 g/mol. The molecule has 0 bridgehead atoms. The maximum atomic E-state index is 13.0. The van der Waals surface area contributed by atoms with Gasteiger partial charge in [-0.15, -0.1) is 0 Å². The molecule has 8 nitrogen and oxygen atoms in total. The molecule has 8 heteroatoms. The molecule has 28 heavy (non-hydrogen) atoms. The summed E-state index contributed by atoms with van der Waals surface area (Å²) in [5, 5.41) is 24.1. The number of carbonyl (C=O) groups excluding carboxylic acids is 1. The van der Waals surface area contributed by atoms with Gasteiger partial charge in [0.1, 0.15) is 5.69 Å². The molecule has 2 aromatic carbocycles. The highest BCUT2D eigenvalue weighted by Crippen LogP contribution is 2.33. The zero-order chi connectivity index (χ0) is 19.8. The highest BCUT2D eigenvalue weighted by Gasteiger charge is 2.33. The van der Waals surface area contributed by atoms with E-state index in [9.17, 15) is 24.8 Å². The summed E-state index contributed by atoms with van der Waals surface area (Å²) in [6.07, 6.45) is 1.95. The molecule has 0 aromatic heterocycles. The predicted octanol–water partition coefficient (Wildman–Crippen LogP) is 2.99. The van der Waals surface area contributed by atoms with Gasteiger partial charge in [-0.1, -0.05) is 24.3 Å². The lowest BCUT2D eigenvalue weighted by atomic mass is 9.89. The Kier molecular flexibility index (Phi) is 4.46. The number of carboxylic acid groups (broad SMARTS) is 1. The van der Waals surface area contributed by atoms with Gasteiger partial charge in [-0.25, -0.2) is 0 Å². The van der Waals surface area contributed by atoms with E-state index < -0.39 is 22.7 Å². The first-order valence-corrected chi connectivity index (χ1v) is 9.09. The lowest BCUT2D eigenvalue weighted by Crippen LogP contribution is -2.40. The van der Waals surface area contributed by atoms with E-state index in [1.54, 1.807) is 36.4 Å². The molecule has 1 saturated carbocycles. The number of aliphatic carboxylic acids is 1. The fraction of sp³-hybridized carbons (Fsp3) is 0.300. The van der Waals surface area contributed by atoms with E-state index in [0.29, 0.717) is 11.3 Å². The Labute approximate surface area is 160 Å². The molecule has 4 rings (SSSR count). The van der Waals surface area contributed by atoms with Gasteiger partial charge in [0.05, 0.1) is 10.8 Å². The van der Waals surface area contributed by atoms with Crippen LogP contribution in [-0.4, -0.2) is 39.4 Å². The van der Waals surface area contributed by atoms with Gasteiger partial charge in [-0.3, -0.25) is 19.7 Å². The van der Waals surface area contributed by atoms with Crippen LogP contribution < -0.4 is 5.32 Å². The molecule has 1 aliphatic heterocycles. The molecule has 2 N–H and O–H groups in total. The Morgan fingerprint density at radius 1 is 1.18 bits per heavy atom. The summed E-state index contributed by atoms with van der Waals surface area (Å²) < 4.78 is 0. The number of nitro groups is 1. The van der Waals surface area contributed by atoms with E-state index in [4.69, 9.17) is 0 Å². The predicted molar refractivity (Wildman–Crippen MR) is 101 cm³/mol. The molecule has 1 unspecified atom stereocenters. The SMILES string of the molecule is O=C(O)C1CN(C(=O)c2ccc(NC3CC3)c([N+](=O)[O-])c2)Cc2ccccc21. The second-order valence-corrected chi connectivity index (χ2v) is 7.18. The summed E-state index contributed by atoms with van der Waals surface area (Å²) in [4.78, 5) is 37.0. The lowest BCUT2D eigenvalue weighted by Gasteiger charge is -2.32. The fourth-order valence-corrected chi connectivity index (χ4v) is 3.54. The molecule has 1 heterocycles. The Morgan fingerprint density at radius 2 is 1.93 bits per heavy atom. The largest absolute Gasteiger partial charge is 0.481 e. The lowest BCUT2D eigenvalue weighted by molar-refractivity contribution is -0.384. The number of anilines is 1. The van der Waals surface area contributed by atoms with E-state index in [1.165, 1.54) is 11.0 Å². The van der Waals surface area contributed by atoms with E-state index in [0.717, 1.165) is 18.4 Å². The van der Waals surface area contributed by atoms with Crippen LogP contribution in [0.25, 0.3) is 0 Å². The van der Waals surface area contributed by atoms with Crippen molar-refractivity contribution in [2.24, 2.45) is 0 Å². The van der Waals surface area contributed by atoms with Crippen LogP contribution in [0, 0.1) is 10.1 Å². The van der Waals surface area contributed by atoms with Gasteiger partial charge >= 0.3 is 5.97 Å². The van der Waals surface area contributed by atoms with Crippen molar-refractivity contribution in [2.45, 2.75) is 31.3 Å². The molecule has 0 spiro atoms. The van der Waals surface area contributed by atoms with Crippen molar-refractivity contribution in [3.63, 3.8) is 0 Å². The number of nitrogens with one attached hydrogen (secondary N) is 1. The average Bonchev–Trinajstić information content (AvgIpc) is 3.50. The van der Waals surface area contributed by atoms with Crippen molar-refractivity contribution in [1.29, 1.82) is 0 Å². The summed E-state index contributed by atoms with van der Waals surface area (Å²) in [6.45, 7) is 0.301. The summed E-state index contributed by atoms with van der Waals surface area (Å²) in [5.74, 6) is -2.23. The smallest absolute Gasteiger partial charge is 0.312 e.